The topological polar surface area (TPSA) is 51.3 Å². The number of fused-ring (bicyclic) bond motifs is 2. The van der Waals surface area contributed by atoms with Gasteiger partial charge >= 0.3 is 0 Å². The molecule has 4 nitrogen and oxygen atoms in total. The fourth-order valence-corrected chi connectivity index (χ4v) is 2.26. The minimum Gasteiger partial charge on any atom is -0.495 e. The van der Waals surface area contributed by atoms with Crippen LogP contribution in [0.3, 0.4) is 0 Å². The van der Waals surface area contributed by atoms with Gasteiger partial charge in [-0.25, -0.2) is 0 Å². The number of pyridine rings is 1. The van der Waals surface area contributed by atoms with Gasteiger partial charge in [0, 0.05) is 23.1 Å². The summed E-state index contributed by atoms with van der Waals surface area (Å²) in [5, 5.41) is 0.661. The molecule has 1 aromatic heterocycles. The first kappa shape index (κ1) is 10.4. The summed E-state index contributed by atoms with van der Waals surface area (Å²) >= 11 is 0. The van der Waals surface area contributed by atoms with Gasteiger partial charge in [0.25, 0.3) is 0 Å². The summed E-state index contributed by atoms with van der Waals surface area (Å²) in [6.45, 7) is 1.06. The summed E-state index contributed by atoms with van der Waals surface area (Å²) in [5.41, 5.74) is 2.54. The summed E-state index contributed by atoms with van der Waals surface area (Å²) < 4.78 is 10.6. The lowest BCUT2D eigenvalue weighted by Gasteiger charge is -2.17. The van der Waals surface area contributed by atoms with E-state index < -0.39 is 0 Å². The van der Waals surface area contributed by atoms with E-state index in [0.717, 1.165) is 23.2 Å². The van der Waals surface area contributed by atoms with Crippen LogP contribution in [0.25, 0.3) is 10.9 Å². The first-order valence-electron chi connectivity index (χ1n) is 5.59. The highest BCUT2D eigenvalue weighted by atomic mass is 16.5. The van der Waals surface area contributed by atoms with E-state index in [1.54, 1.807) is 7.11 Å². The van der Waals surface area contributed by atoms with Crippen molar-refractivity contribution in [2.75, 3.05) is 13.7 Å². The van der Waals surface area contributed by atoms with Crippen molar-refractivity contribution < 1.29 is 9.47 Å². The maximum Gasteiger partial charge on any atom is 0.195 e. The molecule has 0 radical (unpaired) electrons. The molecule has 88 valence electrons. The van der Waals surface area contributed by atoms with Gasteiger partial charge in [-0.05, 0) is 12.1 Å². The molecule has 1 N–H and O–H groups in total. The van der Waals surface area contributed by atoms with Crippen LogP contribution in [0.1, 0.15) is 11.3 Å². The molecular formula is C13H13NO3. The number of hydrogen-bond acceptors (Lipinski definition) is 3. The molecule has 0 saturated heterocycles. The molecule has 0 amide bonds. The molecule has 2 aromatic rings. The first-order valence-corrected chi connectivity index (χ1v) is 5.59. The Bertz CT molecular complexity index is 630. The molecule has 0 fully saturated rings. The lowest BCUT2D eigenvalue weighted by Crippen LogP contribution is -2.21. The summed E-state index contributed by atoms with van der Waals surface area (Å²) in [6, 6.07) is 5.49. The second-order valence-electron chi connectivity index (χ2n) is 4.10. The Morgan fingerprint density at radius 3 is 3.12 bits per heavy atom. The van der Waals surface area contributed by atoms with Crippen LogP contribution in [0.2, 0.25) is 0 Å². The van der Waals surface area contributed by atoms with Crippen LogP contribution in [-0.4, -0.2) is 18.7 Å². The second-order valence-corrected chi connectivity index (χ2v) is 4.10. The lowest BCUT2D eigenvalue weighted by atomic mass is 10.1. The summed E-state index contributed by atoms with van der Waals surface area (Å²) in [5.74, 6) is 0.703. The van der Waals surface area contributed by atoms with Gasteiger partial charge in [-0.1, -0.05) is 6.07 Å². The number of aromatic nitrogens is 1. The predicted octanol–water partition coefficient (Wildman–Crippen LogP) is 1.61. The zero-order valence-corrected chi connectivity index (χ0v) is 9.58. The van der Waals surface area contributed by atoms with Crippen LogP contribution < -0.4 is 10.2 Å². The van der Waals surface area contributed by atoms with Crippen molar-refractivity contribution in [2.45, 2.75) is 13.0 Å². The van der Waals surface area contributed by atoms with Crippen molar-refractivity contribution in [1.29, 1.82) is 0 Å². The second kappa shape index (κ2) is 3.89. The third-order valence-corrected chi connectivity index (χ3v) is 3.15. The van der Waals surface area contributed by atoms with E-state index >= 15 is 0 Å². The monoisotopic (exact) mass is 231 g/mol. The van der Waals surface area contributed by atoms with E-state index in [0.29, 0.717) is 24.3 Å². The predicted molar refractivity (Wildman–Crippen MR) is 64.5 cm³/mol. The molecule has 0 spiro atoms. The zero-order chi connectivity index (χ0) is 11.8. The SMILES string of the molecule is COc1cccc2c(=O)c3c([nH]c12)CCOC3. The quantitative estimate of drug-likeness (QED) is 0.811. The largest absolute Gasteiger partial charge is 0.495 e. The maximum atomic E-state index is 12.3. The molecule has 0 aliphatic carbocycles. The molecule has 4 heteroatoms. The van der Waals surface area contributed by atoms with Crippen molar-refractivity contribution >= 4 is 10.9 Å². The normalized spacial score (nSPS) is 14.6. The summed E-state index contributed by atoms with van der Waals surface area (Å²) in [6.07, 6.45) is 0.749. The van der Waals surface area contributed by atoms with E-state index in [1.165, 1.54) is 0 Å². The molecule has 3 rings (SSSR count). The number of rotatable bonds is 1. The molecule has 1 aliphatic rings. The van der Waals surface area contributed by atoms with Crippen molar-refractivity contribution in [2.24, 2.45) is 0 Å². The highest BCUT2D eigenvalue weighted by Gasteiger charge is 2.17. The number of H-pyrrole nitrogens is 1. The smallest absolute Gasteiger partial charge is 0.195 e. The number of hydrogen-bond donors (Lipinski definition) is 1. The number of benzene rings is 1. The van der Waals surface area contributed by atoms with Gasteiger partial charge in [0.1, 0.15) is 5.75 Å². The number of ether oxygens (including phenoxy) is 2. The van der Waals surface area contributed by atoms with Crippen molar-refractivity contribution in [1.82, 2.24) is 4.98 Å². The Morgan fingerprint density at radius 2 is 2.29 bits per heavy atom. The van der Waals surface area contributed by atoms with Crippen molar-refractivity contribution in [3.05, 3.63) is 39.7 Å². The number of methoxy groups -OCH3 is 1. The minimum absolute atomic E-state index is 0.0485. The van der Waals surface area contributed by atoms with Gasteiger partial charge < -0.3 is 14.5 Å². The average Bonchev–Trinajstić information content (AvgIpc) is 2.38. The molecule has 1 aromatic carbocycles. The lowest BCUT2D eigenvalue weighted by molar-refractivity contribution is 0.108. The number of nitrogens with one attached hydrogen (secondary N) is 1. The van der Waals surface area contributed by atoms with E-state index in [2.05, 4.69) is 4.98 Å². The number of para-hydroxylation sites is 1. The molecular weight excluding hydrogens is 218 g/mol. The van der Waals surface area contributed by atoms with Gasteiger partial charge in [-0.15, -0.1) is 0 Å². The standard InChI is InChI=1S/C13H13NO3/c1-16-11-4-2-3-8-12(11)14-10-5-6-17-7-9(10)13(8)15/h2-4H,5-7H2,1H3,(H,14,15). The van der Waals surface area contributed by atoms with Crippen LogP contribution in [0, 0.1) is 0 Å². The van der Waals surface area contributed by atoms with E-state index in [9.17, 15) is 4.79 Å². The average molecular weight is 231 g/mol. The third-order valence-electron chi connectivity index (χ3n) is 3.15. The highest BCUT2D eigenvalue weighted by molar-refractivity contribution is 5.85. The van der Waals surface area contributed by atoms with E-state index in [4.69, 9.17) is 9.47 Å². The van der Waals surface area contributed by atoms with Crippen LogP contribution in [0.15, 0.2) is 23.0 Å². The minimum atomic E-state index is 0.0485. The van der Waals surface area contributed by atoms with E-state index in [-0.39, 0.29) is 5.43 Å². The Morgan fingerprint density at radius 1 is 1.41 bits per heavy atom. The Kier molecular flexibility index (Phi) is 2.37. The van der Waals surface area contributed by atoms with Crippen LogP contribution >= 0.6 is 0 Å². The molecule has 0 saturated carbocycles. The highest BCUT2D eigenvalue weighted by Crippen LogP contribution is 2.24. The maximum absolute atomic E-state index is 12.3. The van der Waals surface area contributed by atoms with Gasteiger partial charge in [0.05, 0.1) is 25.8 Å². The molecule has 0 bridgehead atoms. The van der Waals surface area contributed by atoms with Gasteiger partial charge in [-0.3, -0.25) is 4.79 Å². The molecule has 0 atom stereocenters. The van der Waals surface area contributed by atoms with Crippen molar-refractivity contribution in [3.8, 4) is 5.75 Å². The van der Waals surface area contributed by atoms with Gasteiger partial charge in [0.2, 0.25) is 0 Å². The summed E-state index contributed by atoms with van der Waals surface area (Å²) in [4.78, 5) is 15.6. The van der Waals surface area contributed by atoms with Crippen LogP contribution in [0.4, 0.5) is 0 Å². The molecule has 2 heterocycles. The van der Waals surface area contributed by atoms with Crippen LogP contribution in [0.5, 0.6) is 5.75 Å². The molecule has 17 heavy (non-hydrogen) atoms. The van der Waals surface area contributed by atoms with Crippen LogP contribution in [-0.2, 0) is 17.8 Å². The van der Waals surface area contributed by atoms with Gasteiger partial charge in [-0.2, -0.15) is 0 Å². The Balaban J connectivity index is 2.40. The summed E-state index contributed by atoms with van der Waals surface area (Å²) in [7, 11) is 1.61. The van der Waals surface area contributed by atoms with E-state index in [1.807, 2.05) is 18.2 Å². The van der Waals surface area contributed by atoms with Crippen molar-refractivity contribution in [3.63, 3.8) is 0 Å². The third kappa shape index (κ3) is 1.52. The Hall–Kier alpha value is -1.81. The Labute approximate surface area is 98.2 Å². The molecule has 0 unspecified atom stereocenters. The number of aromatic amines is 1. The first-order chi connectivity index (χ1) is 8.31. The fraction of sp³-hybridized carbons (Fsp3) is 0.308. The van der Waals surface area contributed by atoms with Gasteiger partial charge in [0.15, 0.2) is 5.43 Å². The zero-order valence-electron chi connectivity index (χ0n) is 9.58. The fourth-order valence-electron chi connectivity index (χ4n) is 2.26. The molecule has 1 aliphatic heterocycles.